The van der Waals surface area contributed by atoms with Gasteiger partial charge in [0.05, 0.1) is 23.9 Å². The molecular weight excluding hydrogens is 541 g/mol. The molecule has 2 fully saturated rings. The largest absolute Gasteiger partial charge is 0.387 e. The van der Waals surface area contributed by atoms with Gasteiger partial charge in [-0.15, -0.1) is 0 Å². The molecule has 2 aromatic heterocycles. The number of methoxy groups -OCH3 is 1. The van der Waals surface area contributed by atoms with Crippen molar-refractivity contribution in [1.82, 2.24) is 19.7 Å². The van der Waals surface area contributed by atoms with Gasteiger partial charge in [-0.2, -0.15) is 15.1 Å². The van der Waals surface area contributed by atoms with Gasteiger partial charge in [0.1, 0.15) is 24.1 Å². The lowest BCUT2D eigenvalue weighted by molar-refractivity contribution is -0.0364. The summed E-state index contributed by atoms with van der Waals surface area (Å²) in [6, 6.07) is 0.219. The molecule has 1 aliphatic heterocycles. The first kappa shape index (κ1) is 27.6. The molecule has 4 atom stereocenters. The summed E-state index contributed by atoms with van der Waals surface area (Å²) < 4.78 is 47.6. The van der Waals surface area contributed by atoms with Crippen LogP contribution in [-0.2, 0) is 23.9 Å². The standard InChI is InChI=1S/C19H29ClN5O9PS/c1-33-7-6-24(11-4-2-3-5-11)16-12-8-21-25(17(12)23-19(20)22-16)18-15(27)14(26)13(34-18)9-36(31,32)10-35(28,29)30/h8,11,13-15,18,26-27H,2-7,9-10H2,1H3,(H2,28,29,30)/t13-,14-,15-,18-/m1/s1. The van der Waals surface area contributed by atoms with Crippen LogP contribution >= 0.6 is 19.2 Å². The van der Waals surface area contributed by atoms with Crippen molar-refractivity contribution in [3.63, 3.8) is 0 Å². The summed E-state index contributed by atoms with van der Waals surface area (Å²) in [5, 5.41) is 25.8. The third-order valence-electron chi connectivity index (χ3n) is 6.34. The van der Waals surface area contributed by atoms with E-state index in [0.717, 1.165) is 25.7 Å². The zero-order valence-electron chi connectivity index (χ0n) is 19.4. The number of hydrogen-bond acceptors (Lipinski definition) is 11. The van der Waals surface area contributed by atoms with Gasteiger partial charge in [0.25, 0.3) is 0 Å². The third kappa shape index (κ3) is 6.00. The van der Waals surface area contributed by atoms with E-state index in [1.807, 2.05) is 0 Å². The van der Waals surface area contributed by atoms with E-state index in [1.54, 1.807) is 7.11 Å². The van der Waals surface area contributed by atoms with Gasteiger partial charge < -0.3 is 34.4 Å². The first-order valence-electron chi connectivity index (χ1n) is 11.3. The minimum atomic E-state index is -4.86. The number of aliphatic hydroxyl groups is 2. The highest BCUT2D eigenvalue weighted by atomic mass is 35.5. The van der Waals surface area contributed by atoms with Crippen LogP contribution in [0.2, 0.25) is 5.28 Å². The lowest BCUT2D eigenvalue weighted by Gasteiger charge is -2.30. The number of fused-ring (bicyclic) bond motifs is 1. The molecule has 2 aromatic rings. The summed E-state index contributed by atoms with van der Waals surface area (Å²) >= 11 is 6.26. The number of ether oxygens (including phenoxy) is 2. The van der Waals surface area contributed by atoms with Crippen molar-refractivity contribution in [2.24, 2.45) is 0 Å². The van der Waals surface area contributed by atoms with Crippen LogP contribution in [0.5, 0.6) is 0 Å². The van der Waals surface area contributed by atoms with Gasteiger partial charge in [-0.1, -0.05) is 12.8 Å². The van der Waals surface area contributed by atoms with Gasteiger partial charge in [-0.3, -0.25) is 4.57 Å². The normalized spacial score (nSPS) is 25.7. The first-order valence-corrected chi connectivity index (χ1v) is 15.3. The Morgan fingerprint density at radius 2 is 1.94 bits per heavy atom. The zero-order chi connectivity index (χ0) is 26.3. The molecule has 1 aliphatic carbocycles. The Balaban J connectivity index is 1.66. The van der Waals surface area contributed by atoms with Crippen molar-refractivity contribution < 1.29 is 42.5 Å². The number of halogens is 1. The van der Waals surface area contributed by atoms with Crippen molar-refractivity contribution >= 4 is 45.9 Å². The Morgan fingerprint density at radius 3 is 2.58 bits per heavy atom. The Hall–Kier alpha value is -1.42. The summed E-state index contributed by atoms with van der Waals surface area (Å²) in [7, 11) is -7.57. The quantitative estimate of drug-likeness (QED) is 0.221. The second-order valence-electron chi connectivity index (χ2n) is 9.02. The van der Waals surface area contributed by atoms with E-state index in [0.29, 0.717) is 24.4 Å². The Kier molecular flexibility index (Phi) is 8.25. The smallest absolute Gasteiger partial charge is 0.340 e. The van der Waals surface area contributed by atoms with Gasteiger partial charge in [0, 0.05) is 19.7 Å². The highest BCUT2D eigenvalue weighted by molar-refractivity contribution is 7.97. The Morgan fingerprint density at radius 1 is 1.25 bits per heavy atom. The van der Waals surface area contributed by atoms with Crippen molar-refractivity contribution in [3.8, 4) is 0 Å². The van der Waals surface area contributed by atoms with E-state index < -0.39 is 53.2 Å². The summed E-state index contributed by atoms with van der Waals surface area (Å²) in [5.41, 5.74) is -1.19. The van der Waals surface area contributed by atoms with Crippen molar-refractivity contribution in [2.45, 2.75) is 56.3 Å². The molecule has 202 valence electrons. The molecule has 0 spiro atoms. The molecule has 0 radical (unpaired) electrons. The Labute approximate surface area is 212 Å². The predicted molar refractivity (Wildman–Crippen MR) is 128 cm³/mol. The van der Waals surface area contributed by atoms with Gasteiger partial charge in [0.15, 0.2) is 27.2 Å². The molecule has 4 rings (SSSR count). The third-order valence-corrected chi connectivity index (χ3v) is 10.3. The molecule has 36 heavy (non-hydrogen) atoms. The van der Waals surface area contributed by atoms with Crippen molar-refractivity contribution in [3.05, 3.63) is 11.5 Å². The zero-order valence-corrected chi connectivity index (χ0v) is 21.9. The molecule has 0 bridgehead atoms. The maximum atomic E-state index is 12.2. The van der Waals surface area contributed by atoms with Crippen LogP contribution in [0, 0.1) is 0 Å². The van der Waals surface area contributed by atoms with Crippen LogP contribution in [0.1, 0.15) is 31.9 Å². The SMILES string of the molecule is COCCN(c1nc(Cl)nc2c1cnn2[C@@H]1O[C@H](CS(=O)(=O)CP(=O)(O)O)[C@@H](O)[C@H]1O)C1CCCC1. The fourth-order valence-corrected chi connectivity index (χ4v) is 8.19. The van der Waals surface area contributed by atoms with E-state index in [2.05, 4.69) is 20.0 Å². The average molecular weight is 570 g/mol. The highest BCUT2D eigenvalue weighted by Crippen LogP contribution is 2.39. The molecule has 0 amide bonds. The molecule has 1 saturated carbocycles. The fourth-order valence-electron chi connectivity index (χ4n) is 4.79. The molecule has 14 nitrogen and oxygen atoms in total. The Bertz CT molecular complexity index is 1240. The van der Waals surface area contributed by atoms with Crippen LogP contribution < -0.4 is 4.90 Å². The maximum Gasteiger partial charge on any atom is 0.340 e. The summed E-state index contributed by atoms with van der Waals surface area (Å²) in [4.78, 5) is 28.8. The van der Waals surface area contributed by atoms with Gasteiger partial charge >= 0.3 is 7.60 Å². The summed E-state index contributed by atoms with van der Waals surface area (Å²) in [6.45, 7) is 1.00. The van der Waals surface area contributed by atoms with E-state index in [4.69, 9.17) is 30.9 Å². The number of rotatable bonds is 10. The minimum absolute atomic E-state index is 0.0755. The molecule has 1 saturated heterocycles. The van der Waals surface area contributed by atoms with Crippen LogP contribution in [0.15, 0.2) is 6.20 Å². The molecule has 2 aliphatic rings. The van der Waals surface area contributed by atoms with Gasteiger partial charge in [-0.25, -0.2) is 13.1 Å². The molecular formula is C19H29ClN5O9PS. The predicted octanol–water partition coefficient (Wildman–Crippen LogP) is 0.0443. The molecule has 3 heterocycles. The molecule has 0 unspecified atom stereocenters. The van der Waals surface area contributed by atoms with Gasteiger partial charge in [-0.05, 0) is 24.4 Å². The second kappa shape index (κ2) is 10.8. The van der Waals surface area contributed by atoms with Crippen LogP contribution in [0.25, 0.3) is 11.0 Å². The van der Waals surface area contributed by atoms with E-state index in [-0.39, 0.29) is 17.0 Å². The van der Waals surface area contributed by atoms with Gasteiger partial charge in [0.2, 0.25) is 5.28 Å². The molecule has 17 heteroatoms. The monoisotopic (exact) mass is 569 g/mol. The summed E-state index contributed by atoms with van der Waals surface area (Å²) in [6.07, 6.45) is -0.432. The maximum absolute atomic E-state index is 12.2. The second-order valence-corrected chi connectivity index (χ2v) is 13.5. The van der Waals surface area contributed by atoms with Crippen molar-refractivity contribution in [2.75, 3.05) is 36.4 Å². The molecule has 4 N–H and O–H groups in total. The van der Waals surface area contributed by atoms with E-state index >= 15 is 0 Å². The number of sulfone groups is 1. The number of aromatic nitrogens is 4. The van der Waals surface area contributed by atoms with Crippen LogP contribution in [-0.4, -0.2) is 104 Å². The molecule has 0 aromatic carbocycles. The number of aliphatic hydroxyl groups excluding tert-OH is 2. The highest BCUT2D eigenvalue weighted by Gasteiger charge is 2.47. The first-order chi connectivity index (χ1) is 16.9. The number of anilines is 1. The van der Waals surface area contributed by atoms with E-state index in [9.17, 15) is 23.2 Å². The summed E-state index contributed by atoms with van der Waals surface area (Å²) in [5.74, 6) is -0.367. The van der Waals surface area contributed by atoms with Crippen LogP contribution in [0.4, 0.5) is 5.82 Å². The lowest BCUT2D eigenvalue weighted by atomic mass is 10.1. The lowest BCUT2D eigenvalue weighted by Crippen LogP contribution is -2.37. The van der Waals surface area contributed by atoms with E-state index in [1.165, 1.54) is 10.9 Å². The minimum Gasteiger partial charge on any atom is -0.387 e. The number of nitrogens with zero attached hydrogens (tertiary/aromatic N) is 5. The van der Waals surface area contributed by atoms with Crippen LogP contribution in [0.3, 0.4) is 0 Å². The topological polar surface area (TPSA) is 197 Å². The fraction of sp³-hybridized carbons (Fsp3) is 0.737. The average Bonchev–Trinajstić information content (AvgIpc) is 3.49. The van der Waals surface area contributed by atoms with Crippen molar-refractivity contribution in [1.29, 1.82) is 0 Å². The number of hydrogen-bond donors (Lipinski definition) is 4.